The second-order valence-corrected chi connectivity index (χ2v) is 7.14. The van der Waals surface area contributed by atoms with E-state index in [2.05, 4.69) is 10.6 Å². The molecule has 6 heteroatoms. The molecule has 0 fully saturated rings. The first-order valence-corrected chi connectivity index (χ1v) is 9.98. The number of aryl methyl sites for hydroxylation is 2. The van der Waals surface area contributed by atoms with Crippen molar-refractivity contribution in [2.75, 3.05) is 31.0 Å². The Hall–Kier alpha value is -3.64. The minimum absolute atomic E-state index is 0.228. The summed E-state index contributed by atoms with van der Waals surface area (Å²) in [6, 6.07) is 19.7. The molecule has 3 rings (SSSR count). The molecule has 0 aliphatic carbocycles. The van der Waals surface area contributed by atoms with E-state index in [0.717, 1.165) is 11.1 Å². The van der Waals surface area contributed by atoms with Crippen molar-refractivity contribution in [3.8, 4) is 5.75 Å². The summed E-state index contributed by atoms with van der Waals surface area (Å²) >= 11 is 0. The third kappa shape index (κ3) is 5.93. The number of ether oxygens (including phenoxy) is 2. The SMILES string of the molecule is COCCOc1cc(C)ccc1NC(=O)c1ccc(C)c(NC(=O)c2ccccc2)c1. The van der Waals surface area contributed by atoms with Crippen LogP contribution in [0.4, 0.5) is 11.4 Å². The molecule has 3 aromatic rings. The summed E-state index contributed by atoms with van der Waals surface area (Å²) in [7, 11) is 1.61. The van der Waals surface area contributed by atoms with Crippen LogP contribution in [0.3, 0.4) is 0 Å². The molecule has 0 unspecified atom stereocenters. The molecule has 2 N–H and O–H groups in total. The second-order valence-electron chi connectivity index (χ2n) is 7.14. The van der Waals surface area contributed by atoms with Crippen molar-refractivity contribution < 1.29 is 19.1 Å². The van der Waals surface area contributed by atoms with Crippen LogP contribution in [0.25, 0.3) is 0 Å². The maximum Gasteiger partial charge on any atom is 0.255 e. The standard InChI is InChI=1S/C25H26N2O4/c1-17-9-12-21(23(15-17)31-14-13-30-3)26-25(29)20-11-10-18(2)22(16-20)27-24(28)19-7-5-4-6-8-19/h4-12,15-16H,13-14H2,1-3H3,(H,26,29)(H,27,28). The topological polar surface area (TPSA) is 76.7 Å². The van der Waals surface area contributed by atoms with Crippen LogP contribution in [0.5, 0.6) is 5.75 Å². The summed E-state index contributed by atoms with van der Waals surface area (Å²) in [6.45, 7) is 4.66. The van der Waals surface area contributed by atoms with Gasteiger partial charge in [0.1, 0.15) is 12.4 Å². The zero-order valence-electron chi connectivity index (χ0n) is 17.9. The summed E-state index contributed by atoms with van der Waals surface area (Å²) < 4.78 is 10.8. The van der Waals surface area contributed by atoms with Gasteiger partial charge in [0.05, 0.1) is 12.3 Å². The lowest BCUT2D eigenvalue weighted by Crippen LogP contribution is -2.16. The van der Waals surface area contributed by atoms with Gasteiger partial charge in [0.2, 0.25) is 0 Å². The van der Waals surface area contributed by atoms with Gasteiger partial charge in [-0.15, -0.1) is 0 Å². The van der Waals surface area contributed by atoms with Gasteiger partial charge in [0.15, 0.2) is 0 Å². The zero-order valence-corrected chi connectivity index (χ0v) is 17.9. The Labute approximate surface area is 182 Å². The molecule has 0 radical (unpaired) electrons. The van der Waals surface area contributed by atoms with E-state index in [9.17, 15) is 9.59 Å². The average molecular weight is 418 g/mol. The molecule has 0 heterocycles. The van der Waals surface area contributed by atoms with Crippen molar-refractivity contribution in [2.45, 2.75) is 13.8 Å². The normalized spacial score (nSPS) is 10.4. The van der Waals surface area contributed by atoms with E-state index in [1.807, 2.05) is 38.1 Å². The number of amides is 2. The van der Waals surface area contributed by atoms with Crippen molar-refractivity contribution >= 4 is 23.2 Å². The quantitative estimate of drug-likeness (QED) is 0.514. The molecule has 31 heavy (non-hydrogen) atoms. The van der Waals surface area contributed by atoms with Gasteiger partial charge in [-0.3, -0.25) is 9.59 Å². The van der Waals surface area contributed by atoms with Crippen molar-refractivity contribution in [3.63, 3.8) is 0 Å². The van der Waals surface area contributed by atoms with E-state index in [1.165, 1.54) is 0 Å². The minimum atomic E-state index is -0.296. The summed E-state index contributed by atoms with van der Waals surface area (Å²) in [5.74, 6) is 0.0550. The number of carbonyl (C=O) groups is 2. The number of carbonyl (C=O) groups excluding carboxylic acids is 2. The summed E-state index contributed by atoms with van der Waals surface area (Å²) in [6.07, 6.45) is 0. The molecule has 0 saturated carbocycles. The first kappa shape index (κ1) is 22.1. The Morgan fingerprint density at radius 3 is 2.23 bits per heavy atom. The summed E-state index contributed by atoms with van der Waals surface area (Å²) in [4.78, 5) is 25.4. The minimum Gasteiger partial charge on any atom is -0.489 e. The third-order valence-electron chi connectivity index (χ3n) is 4.71. The molecule has 0 spiro atoms. The molecule has 0 atom stereocenters. The lowest BCUT2D eigenvalue weighted by atomic mass is 10.1. The highest BCUT2D eigenvalue weighted by molar-refractivity contribution is 6.08. The summed E-state index contributed by atoms with van der Waals surface area (Å²) in [5, 5.41) is 5.78. The molecule has 160 valence electrons. The molecule has 3 aromatic carbocycles. The van der Waals surface area contributed by atoms with Crippen molar-refractivity contribution in [3.05, 3.63) is 89.0 Å². The average Bonchev–Trinajstić information content (AvgIpc) is 2.77. The first-order valence-electron chi connectivity index (χ1n) is 9.98. The van der Waals surface area contributed by atoms with E-state index in [0.29, 0.717) is 41.5 Å². The third-order valence-corrected chi connectivity index (χ3v) is 4.71. The number of methoxy groups -OCH3 is 1. The largest absolute Gasteiger partial charge is 0.489 e. The summed E-state index contributed by atoms with van der Waals surface area (Å²) in [5.41, 5.74) is 4.02. The van der Waals surface area contributed by atoms with Crippen LogP contribution in [-0.2, 0) is 4.74 Å². The van der Waals surface area contributed by atoms with Crippen molar-refractivity contribution in [1.82, 2.24) is 0 Å². The fourth-order valence-corrected chi connectivity index (χ4v) is 2.96. The van der Waals surface area contributed by atoms with Gasteiger partial charge in [-0.25, -0.2) is 0 Å². The van der Waals surface area contributed by atoms with E-state index in [1.54, 1.807) is 49.6 Å². The Morgan fingerprint density at radius 1 is 0.774 bits per heavy atom. The molecule has 0 bridgehead atoms. The molecular formula is C25H26N2O4. The fourth-order valence-electron chi connectivity index (χ4n) is 2.96. The fraction of sp³-hybridized carbons (Fsp3) is 0.200. The smallest absolute Gasteiger partial charge is 0.255 e. The van der Waals surface area contributed by atoms with Crippen molar-refractivity contribution in [1.29, 1.82) is 0 Å². The molecule has 2 amide bonds. The van der Waals surface area contributed by atoms with Crippen LogP contribution in [0, 0.1) is 13.8 Å². The molecule has 0 aromatic heterocycles. The predicted octanol–water partition coefficient (Wildman–Crippen LogP) is 4.83. The highest BCUT2D eigenvalue weighted by Crippen LogP contribution is 2.27. The van der Waals surface area contributed by atoms with E-state index < -0.39 is 0 Å². The van der Waals surface area contributed by atoms with Gasteiger partial charge in [-0.2, -0.15) is 0 Å². The van der Waals surface area contributed by atoms with Gasteiger partial charge < -0.3 is 20.1 Å². The van der Waals surface area contributed by atoms with Gasteiger partial charge in [0, 0.05) is 23.9 Å². The van der Waals surface area contributed by atoms with Crippen LogP contribution in [-0.4, -0.2) is 32.1 Å². The number of benzene rings is 3. The van der Waals surface area contributed by atoms with Crippen LogP contribution in [0.1, 0.15) is 31.8 Å². The van der Waals surface area contributed by atoms with Crippen LogP contribution in [0.15, 0.2) is 66.7 Å². The number of rotatable bonds is 8. The molecular weight excluding hydrogens is 392 g/mol. The highest BCUT2D eigenvalue weighted by atomic mass is 16.5. The van der Waals surface area contributed by atoms with E-state index >= 15 is 0 Å². The molecule has 6 nitrogen and oxygen atoms in total. The van der Waals surface area contributed by atoms with E-state index in [4.69, 9.17) is 9.47 Å². The van der Waals surface area contributed by atoms with Gasteiger partial charge in [0.25, 0.3) is 11.8 Å². The Kier molecular flexibility index (Phi) is 7.40. The number of anilines is 2. The molecule has 0 aliphatic rings. The Morgan fingerprint density at radius 2 is 1.48 bits per heavy atom. The number of hydrogen-bond donors (Lipinski definition) is 2. The molecule has 0 aliphatic heterocycles. The lowest BCUT2D eigenvalue weighted by molar-refractivity contribution is 0.101. The van der Waals surface area contributed by atoms with Crippen LogP contribution in [0.2, 0.25) is 0 Å². The maximum atomic E-state index is 12.9. The molecule has 0 saturated heterocycles. The zero-order chi connectivity index (χ0) is 22.2. The first-order chi connectivity index (χ1) is 15.0. The Bertz CT molecular complexity index is 1060. The predicted molar refractivity (Wildman–Crippen MR) is 122 cm³/mol. The van der Waals surface area contributed by atoms with Gasteiger partial charge in [-0.1, -0.05) is 30.3 Å². The number of hydrogen-bond acceptors (Lipinski definition) is 4. The second kappa shape index (κ2) is 10.4. The maximum absolute atomic E-state index is 12.9. The lowest BCUT2D eigenvalue weighted by Gasteiger charge is -2.14. The van der Waals surface area contributed by atoms with Crippen LogP contribution < -0.4 is 15.4 Å². The number of nitrogens with one attached hydrogen (secondary N) is 2. The monoisotopic (exact) mass is 418 g/mol. The van der Waals surface area contributed by atoms with Gasteiger partial charge >= 0.3 is 0 Å². The Balaban J connectivity index is 1.77. The van der Waals surface area contributed by atoms with Gasteiger partial charge in [-0.05, 0) is 61.4 Å². The van der Waals surface area contributed by atoms with Crippen molar-refractivity contribution in [2.24, 2.45) is 0 Å². The highest BCUT2D eigenvalue weighted by Gasteiger charge is 2.14. The van der Waals surface area contributed by atoms with E-state index in [-0.39, 0.29) is 11.8 Å². The van der Waals surface area contributed by atoms with Crippen LogP contribution >= 0.6 is 0 Å².